The van der Waals surface area contributed by atoms with Crippen LogP contribution in [0, 0.1) is 5.95 Å². The minimum atomic E-state index is -0.760. The minimum Gasteiger partial charge on any atom is -0.462 e. The van der Waals surface area contributed by atoms with Crippen LogP contribution >= 0.6 is 0 Å². The van der Waals surface area contributed by atoms with E-state index in [0.717, 1.165) is 6.07 Å². The van der Waals surface area contributed by atoms with Crippen LogP contribution in [0.1, 0.15) is 27.8 Å². The molecule has 11 heteroatoms. The van der Waals surface area contributed by atoms with Gasteiger partial charge >= 0.3 is 5.97 Å². The summed E-state index contributed by atoms with van der Waals surface area (Å²) in [5, 5.41) is 8.05. The van der Waals surface area contributed by atoms with E-state index >= 15 is 0 Å². The lowest BCUT2D eigenvalue weighted by Crippen LogP contribution is -2.30. The fourth-order valence-corrected chi connectivity index (χ4v) is 3.01. The van der Waals surface area contributed by atoms with Crippen molar-refractivity contribution in [1.29, 1.82) is 0 Å². The van der Waals surface area contributed by atoms with Crippen molar-refractivity contribution >= 4 is 28.9 Å². The number of carbonyl (C=O) groups excluding carboxylic acids is 2. The number of esters is 1. The Morgan fingerprint density at radius 2 is 1.97 bits per heavy atom. The molecule has 0 bridgehead atoms. The molecule has 0 N–H and O–H groups in total. The van der Waals surface area contributed by atoms with Gasteiger partial charge in [0.2, 0.25) is 5.95 Å². The van der Waals surface area contributed by atoms with Gasteiger partial charge in [-0.1, -0.05) is 0 Å². The lowest BCUT2D eigenvalue weighted by molar-refractivity contribution is 0.0523. The molecule has 152 valence electrons. The number of hydrogen-bond acceptors (Lipinski definition) is 7. The summed E-state index contributed by atoms with van der Waals surface area (Å²) in [6.45, 7) is 1.81. The van der Waals surface area contributed by atoms with Gasteiger partial charge in [-0.15, -0.1) is 0 Å². The first kappa shape index (κ1) is 19.2. The predicted octanol–water partition coefficient (Wildman–Crippen LogP) is 2.15. The summed E-state index contributed by atoms with van der Waals surface area (Å²) in [6.07, 6.45) is 5.50. The number of halogens is 1. The summed E-state index contributed by atoms with van der Waals surface area (Å²) in [4.78, 5) is 34.9. The van der Waals surface area contributed by atoms with Crippen LogP contribution in [0.3, 0.4) is 0 Å². The molecule has 0 saturated carbocycles. The molecule has 0 spiro atoms. The second-order valence-electron chi connectivity index (χ2n) is 6.18. The topological polar surface area (TPSA) is 108 Å². The first-order valence-corrected chi connectivity index (χ1v) is 8.94. The molecule has 4 aromatic heterocycles. The predicted molar refractivity (Wildman–Crippen MR) is 103 cm³/mol. The van der Waals surface area contributed by atoms with E-state index in [1.807, 2.05) is 0 Å². The molecule has 0 saturated heterocycles. The number of fused-ring (bicyclic) bond motifs is 1. The standard InChI is InChI=1S/C19H16FN7O3/c1-3-30-19(29)14-10-23-25(2)17(14)18(28)27(12-4-6-21-15(20)8-12)13-5-7-26-16(9-13)22-11-24-26/h4-11H,3H2,1-2H3. The lowest BCUT2D eigenvalue weighted by Gasteiger charge is -2.23. The van der Waals surface area contributed by atoms with Gasteiger partial charge < -0.3 is 4.74 Å². The highest BCUT2D eigenvalue weighted by atomic mass is 19.1. The third-order valence-electron chi connectivity index (χ3n) is 4.33. The maximum atomic E-state index is 13.9. The SMILES string of the molecule is CCOC(=O)c1cnn(C)c1C(=O)N(c1ccnc(F)c1)c1ccn2ncnc2c1. The van der Waals surface area contributed by atoms with Gasteiger partial charge in [-0.2, -0.15) is 14.6 Å². The highest BCUT2D eigenvalue weighted by Crippen LogP contribution is 2.29. The summed E-state index contributed by atoms with van der Waals surface area (Å²) in [5.41, 5.74) is 1.09. The molecule has 30 heavy (non-hydrogen) atoms. The van der Waals surface area contributed by atoms with E-state index in [-0.39, 0.29) is 23.6 Å². The van der Waals surface area contributed by atoms with Crippen molar-refractivity contribution in [2.45, 2.75) is 6.92 Å². The van der Waals surface area contributed by atoms with Crippen LogP contribution in [0.5, 0.6) is 0 Å². The Hall–Kier alpha value is -4.15. The molecule has 1 amide bonds. The zero-order valence-electron chi connectivity index (χ0n) is 16.1. The van der Waals surface area contributed by atoms with Crippen LogP contribution in [0.15, 0.2) is 49.2 Å². The highest BCUT2D eigenvalue weighted by Gasteiger charge is 2.29. The molecule has 0 unspecified atom stereocenters. The second kappa shape index (κ2) is 7.70. The van der Waals surface area contributed by atoms with Crippen LogP contribution < -0.4 is 4.90 Å². The Labute approximate surface area is 169 Å². The highest BCUT2D eigenvalue weighted by molar-refractivity contribution is 6.14. The van der Waals surface area contributed by atoms with Gasteiger partial charge in [-0.05, 0) is 19.1 Å². The van der Waals surface area contributed by atoms with Crippen molar-refractivity contribution < 1.29 is 18.7 Å². The number of anilines is 2. The Balaban J connectivity index is 1.87. The van der Waals surface area contributed by atoms with Crippen LogP contribution in [0.25, 0.3) is 5.65 Å². The first-order chi connectivity index (χ1) is 14.5. The Kier molecular flexibility index (Phi) is 4.92. The van der Waals surface area contributed by atoms with Gasteiger partial charge in [0, 0.05) is 31.6 Å². The van der Waals surface area contributed by atoms with Crippen molar-refractivity contribution in [3.63, 3.8) is 0 Å². The number of pyridine rings is 2. The molecule has 0 atom stereocenters. The Bertz CT molecular complexity index is 1250. The molecule has 0 fully saturated rings. The number of amides is 1. The first-order valence-electron chi connectivity index (χ1n) is 8.94. The number of aromatic nitrogens is 6. The van der Waals surface area contributed by atoms with E-state index in [1.54, 1.807) is 25.3 Å². The monoisotopic (exact) mass is 409 g/mol. The van der Waals surface area contributed by atoms with Gasteiger partial charge in [0.25, 0.3) is 5.91 Å². The largest absolute Gasteiger partial charge is 0.462 e. The fourth-order valence-electron chi connectivity index (χ4n) is 3.01. The van der Waals surface area contributed by atoms with Gasteiger partial charge in [0.15, 0.2) is 5.65 Å². The average molecular weight is 409 g/mol. The summed E-state index contributed by atoms with van der Waals surface area (Å²) >= 11 is 0. The smallest absolute Gasteiger partial charge is 0.342 e. The second-order valence-corrected chi connectivity index (χ2v) is 6.18. The zero-order valence-corrected chi connectivity index (χ0v) is 16.1. The van der Waals surface area contributed by atoms with Gasteiger partial charge in [-0.25, -0.2) is 19.3 Å². The van der Waals surface area contributed by atoms with Crippen LogP contribution in [0.2, 0.25) is 0 Å². The summed E-state index contributed by atoms with van der Waals surface area (Å²) < 4.78 is 21.7. The van der Waals surface area contributed by atoms with E-state index in [1.165, 1.54) is 45.9 Å². The van der Waals surface area contributed by atoms with Gasteiger partial charge in [-0.3, -0.25) is 14.4 Å². The maximum Gasteiger partial charge on any atom is 0.342 e. The van der Waals surface area contributed by atoms with E-state index in [4.69, 9.17) is 4.74 Å². The molecule has 4 rings (SSSR count). The Morgan fingerprint density at radius 3 is 2.73 bits per heavy atom. The molecular weight excluding hydrogens is 393 g/mol. The summed E-state index contributed by atoms with van der Waals surface area (Å²) in [6, 6.07) is 5.84. The average Bonchev–Trinajstić information content (AvgIpc) is 3.34. The van der Waals surface area contributed by atoms with Crippen LogP contribution in [-0.2, 0) is 11.8 Å². The molecule has 0 aromatic carbocycles. The number of rotatable bonds is 5. The van der Waals surface area contributed by atoms with Crippen LogP contribution in [0.4, 0.5) is 15.8 Å². The lowest BCUT2D eigenvalue weighted by atomic mass is 10.2. The van der Waals surface area contributed by atoms with E-state index in [2.05, 4.69) is 20.2 Å². The molecule has 4 aromatic rings. The van der Waals surface area contributed by atoms with Crippen molar-refractivity contribution in [3.8, 4) is 0 Å². The summed E-state index contributed by atoms with van der Waals surface area (Å²) in [7, 11) is 1.53. The molecule has 0 aliphatic heterocycles. The van der Waals surface area contributed by atoms with E-state index in [0.29, 0.717) is 11.3 Å². The third kappa shape index (κ3) is 3.36. The number of hydrogen-bond donors (Lipinski definition) is 0. The quantitative estimate of drug-likeness (QED) is 0.367. The van der Waals surface area contributed by atoms with Crippen molar-refractivity contribution in [1.82, 2.24) is 29.4 Å². The van der Waals surface area contributed by atoms with Crippen LogP contribution in [-0.4, -0.2) is 47.8 Å². The summed E-state index contributed by atoms with van der Waals surface area (Å²) in [5.74, 6) is -2.04. The number of nitrogens with zero attached hydrogens (tertiary/aromatic N) is 7. The molecule has 10 nitrogen and oxygen atoms in total. The zero-order chi connectivity index (χ0) is 21.3. The van der Waals surface area contributed by atoms with Crippen molar-refractivity contribution in [3.05, 3.63) is 66.4 Å². The minimum absolute atomic E-state index is 0.00688. The Morgan fingerprint density at radius 1 is 1.17 bits per heavy atom. The van der Waals surface area contributed by atoms with Crippen molar-refractivity contribution in [2.24, 2.45) is 7.05 Å². The van der Waals surface area contributed by atoms with E-state index < -0.39 is 17.8 Å². The maximum absolute atomic E-state index is 13.9. The normalized spacial score (nSPS) is 10.9. The number of aryl methyl sites for hydroxylation is 1. The number of carbonyl (C=O) groups is 2. The molecule has 4 heterocycles. The third-order valence-corrected chi connectivity index (χ3v) is 4.33. The van der Waals surface area contributed by atoms with Gasteiger partial charge in [0.05, 0.1) is 24.2 Å². The fraction of sp³-hybridized carbons (Fsp3) is 0.158. The van der Waals surface area contributed by atoms with Crippen molar-refractivity contribution in [2.75, 3.05) is 11.5 Å². The molecular formula is C19H16FN7O3. The molecule has 0 radical (unpaired) electrons. The van der Waals surface area contributed by atoms with Gasteiger partial charge in [0.1, 0.15) is 17.6 Å². The number of ether oxygens (including phenoxy) is 1. The van der Waals surface area contributed by atoms with E-state index in [9.17, 15) is 14.0 Å². The molecule has 0 aliphatic rings. The molecule has 0 aliphatic carbocycles.